The average Bonchev–Trinajstić information content (AvgIpc) is 3.38. The third kappa shape index (κ3) is 3.51. The van der Waals surface area contributed by atoms with Crippen molar-refractivity contribution in [2.75, 3.05) is 7.11 Å². The molecule has 2 aromatic rings. The molecule has 5 heteroatoms. The lowest BCUT2D eigenvalue weighted by Gasteiger charge is -2.03. The van der Waals surface area contributed by atoms with Crippen LogP contribution in [0, 0.1) is 5.92 Å². The van der Waals surface area contributed by atoms with E-state index in [1.807, 2.05) is 30.3 Å². The third-order valence-electron chi connectivity index (χ3n) is 3.95. The molecule has 2 aromatic carbocycles. The predicted octanol–water partition coefficient (Wildman–Crippen LogP) is 2.65. The molecule has 0 unspecified atom stereocenters. The molecule has 0 aliphatic heterocycles. The smallest absolute Gasteiger partial charge is 0.243 e. The van der Waals surface area contributed by atoms with E-state index < -0.39 is 0 Å². The largest absolute Gasteiger partial charge is 0.504 e. The first kappa shape index (κ1) is 15.1. The highest BCUT2D eigenvalue weighted by Crippen LogP contribution is 2.47. The molecule has 118 valence electrons. The molecule has 1 amide bonds. The summed E-state index contributed by atoms with van der Waals surface area (Å²) in [5, 5.41) is 13.5. The van der Waals surface area contributed by atoms with Crippen molar-refractivity contribution >= 4 is 12.1 Å². The fourth-order valence-corrected chi connectivity index (χ4v) is 2.58. The highest BCUT2D eigenvalue weighted by Gasteiger charge is 2.43. The molecule has 3 rings (SSSR count). The molecular formula is C18H18N2O3. The minimum absolute atomic E-state index is 0.0103. The quantitative estimate of drug-likeness (QED) is 0.659. The number of rotatable bonds is 5. The number of carbonyl (C=O) groups excluding carboxylic acids is 1. The number of phenols is 1. The van der Waals surface area contributed by atoms with Gasteiger partial charge in [0.15, 0.2) is 11.5 Å². The Bertz CT molecular complexity index is 728. The molecule has 1 fully saturated rings. The number of methoxy groups -OCH3 is 1. The maximum atomic E-state index is 12.1. The van der Waals surface area contributed by atoms with E-state index in [1.54, 1.807) is 12.1 Å². The van der Waals surface area contributed by atoms with Crippen LogP contribution in [-0.2, 0) is 4.79 Å². The van der Waals surface area contributed by atoms with Crippen molar-refractivity contribution < 1.29 is 14.6 Å². The molecule has 1 aliphatic carbocycles. The average molecular weight is 310 g/mol. The molecule has 1 aliphatic rings. The maximum absolute atomic E-state index is 12.1. The lowest BCUT2D eigenvalue weighted by atomic mass is 10.1. The number of nitrogens with one attached hydrogen (secondary N) is 1. The van der Waals surface area contributed by atoms with E-state index in [9.17, 15) is 9.90 Å². The summed E-state index contributed by atoms with van der Waals surface area (Å²) in [5.74, 6) is 0.647. The molecule has 2 atom stereocenters. The molecule has 0 saturated heterocycles. The Hall–Kier alpha value is -2.82. The zero-order valence-electron chi connectivity index (χ0n) is 12.8. The third-order valence-corrected chi connectivity index (χ3v) is 3.95. The van der Waals surface area contributed by atoms with Gasteiger partial charge in [0.2, 0.25) is 5.91 Å². The van der Waals surface area contributed by atoms with Crippen LogP contribution in [0.4, 0.5) is 0 Å². The van der Waals surface area contributed by atoms with Crippen LogP contribution in [0.1, 0.15) is 23.5 Å². The van der Waals surface area contributed by atoms with Gasteiger partial charge in [-0.05, 0) is 41.7 Å². The van der Waals surface area contributed by atoms with Crippen LogP contribution in [-0.4, -0.2) is 24.3 Å². The summed E-state index contributed by atoms with van der Waals surface area (Å²) >= 11 is 0. The SMILES string of the molecule is COc1cc(/C=N\NC(=O)[C@H]2C[C@H]2c2ccccc2)ccc1O. The number of hydrogen-bond donors (Lipinski definition) is 2. The number of carbonyl (C=O) groups is 1. The lowest BCUT2D eigenvalue weighted by molar-refractivity contribution is -0.122. The molecule has 0 aromatic heterocycles. The normalized spacial score (nSPS) is 19.5. The summed E-state index contributed by atoms with van der Waals surface area (Å²) in [6, 6.07) is 14.9. The lowest BCUT2D eigenvalue weighted by Crippen LogP contribution is -2.20. The summed E-state index contributed by atoms with van der Waals surface area (Å²) in [7, 11) is 1.48. The molecule has 0 bridgehead atoms. The first-order valence-electron chi connectivity index (χ1n) is 7.44. The first-order chi connectivity index (χ1) is 11.2. The number of aromatic hydroxyl groups is 1. The molecule has 0 radical (unpaired) electrons. The van der Waals surface area contributed by atoms with Gasteiger partial charge in [-0.3, -0.25) is 4.79 Å². The molecule has 0 heterocycles. The van der Waals surface area contributed by atoms with Crippen molar-refractivity contribution in [2.45, 2.75) is 12.3 Å². The Labute approximate surface area is 134 Å². The van der Waals surface area contributed by atoms with Gasteiger partial charge in [0.1, 0.15) is 0 Å². The standard InChI is InChI=1S/C18H18N2O3/c1-23-17-9-12(7-8-16(17)21)11-19-20-18(22)15-10-14(15)13-5-3-2-4-6-13/h2-9,11,14-15,21H,10H2,1H3,(H,20,22)/b19-11-/t14-,15-/m0/s1. The van der Waals surface area contributed by atoms with Crippen LogP contribution in [0.2, 0.25) is 0 Å². The van der Waals surface area contributed by atoms with E-state index in [4.69, 9.17) is 4.74 Å². The van der Waals surface area contributed by atoms with Crippen molar-refractivity contribution in [3.05, 3.63) is 59.7 Å². The second kappa shape index (κ2) is 6.52. The summed E-state index contributed by atoms with van der Waals surface area (Å²) in [5.41, 5.74) is 4.50. The van der Waals surface area contributed by atoms with Gasteiger partial charge in [-0.1, -0.05) is 30.3 Å². The number of phenolic OH excluding ortho intramolecular Hbond substituents is 1. The fraction of sp³-hybridized carbons (Fsp3) is 0.222. The highest BCUT2D eigenvalue weighted by atomic mass is 16.5. The highest BCUT2D eigenvalue weighted by molar-refractivity contribution is 5.86. The van der Waals surface area contributed by atoms with E-state index in [0.29, 0.717) is 11.7 Å². The molecule has 1 saturated carbocycles. The predicted molar refractivity (Wildman–Crippen MR) is 87.7 cm³/mol. The Morgan fingerprint density at radius 3 is 2.83 bits per heavy atom. The summed E-state index contributed by atoms with van der Waals surface area (Å²) in [6.45, 7) is 0. The van der Waals surface area contributed by atoms with E-state index in [-0.39, 0.29) is 17.6 Å². The van der Waals surface area contributed by atoms with Crippen molar-refractivity contribution in [3.8, 4) is 11.5 Å². The van der Waals surface area contributed by atoms with Gasteiger partial charge in [-0.15, -0.1) is 0 Å². The zero-order valence-corrected chi connectivity index (χ0v) is 12.8. The molecule has 23 heavy (non-hydrogen) atoms. The monoisotopic (exact) mass is 310 g/mol. The molecule has 2 N–H and O–H groups in total. The van der Waals surface area contributed by atoms with Crippen LogP contribution in [0.3, 0.4) is 0 Å². The van der Waals surface area contributed by atoms with Gasteiger partial charge >= 0.3 is 0 Å². The van der Waals surface area contributed by atoms with Gasteiger partial charge in [0.25, 0.3) is 0 Å². The number of ether oxygens (including phenoxy) is 1. The number of nitrogens with zero attached hydrogens (tertiary/aromatic N) is 1. The summed E-state index contributed by atoms with van der Waals surface area (Å²) in [6.07, 6.45) is 2.39. The zero-order chi connectivity index (χ0) is 16.2. The second-order valence-corrected chi connectivity index (χ2v) is 5.52. The Balaban J connectivity index is 1.56. The molecular weight excluding hydrogens is 292 g/mol. The van der Waals surface area contributed by atoms with Crippen LogP contribution >= 0.6 is 0 Å². The van der Waals surface area contributed by atoms with E-state index >= 15 is 0 Å². The fourth-order valence-electron chi connectivity index (χ4n) is 2.58. The van der Waals surface area contributed by atoms with Gasteiger partial charge in [-0.25, -0.2) is 5.43 Å². The molecule has 5 nitrogen and oxygen atoms in total. The van der Waals surface area contributed by atoms with Crippen LogP contribution in [0.5, 0.6) is 11.5 Å². The van der Waals surface area contributed by atoms with E-state index in [0.717, 1.165) is 12.0 Å². The van der Waals surface area contributed by atoms with Gasteiger partial charge < -0.3 is 9.84 Å². The molecule has 0 spiro atoms. The van der Waals surface area contributed by atoms with E-state index in [2.05, 4.69) is 10.5 Å². The first-order valence-corrected chi connectivity index (χ1v) is 7.44. The number of amides is 1. The number of hydrazone groups is 1. The van der Waals surface area contributed by atoms with Crippen molar-refractivity contribution in [1.29, 1.82) is 0 Å². The van der Waals surface area contributed by atoms with Crippen LogP contribution < -0.4 is 10.2 Å². The maximum Gasteiger partial charge on any atom is 0.243 e. The Morgan fingerprint density at radius 2 is 2.09 bits per heavy atom. The Morgan fingerprint density at radius 1 is 1.30 bits per heavy atom. The van der Waals surface area contributed by atoms with Gasteiger partial charge in [0.05, 0.1) is 13.3 Å². The van der Waals surface area contributed by atoms with Crippen molar-refractivity contribution in [2.24, 2.45) is 11.0 Å². The second-order valence-electron chi connectivity index (χ2n) is 5.52. The van der Waals surface area contributed by atoms with Gasteiger partial charge in [-0.2, -0.15) is 5.10 Å². The summed E-state index contributed by atoms with van der Waals surface area (Å²) < 4.78 is 5.03. The van der Waals surface area contributed by atoms with E-state index in [1.165, 1.54) is 25.0 Å². The number of benzene rings is 2. The van der Waals surface area contributed by atoms with Crippen molar-refractivity contribution in [3.63, 3.8) is 0 Å². The minimum Gasteiger partial charge on any atom is -0.504 e. The van der Waals surface area contributed by atoms with Gasteiger partial charge in [0, 0.05) is 5.92 Å². The Kier molecular flexibility index (Phi) is 4.28. The van der Waals surface area contributed by atoms with Crippen LogP contribution in [0.15, 0.2) is 53.6 Å². The summed E-state index contributed by atoms with van der Waals surface area (Å²) in [4.78, 5) is 12.1. The van der Waals surface area contributed by atoms with Crippen molar-refractivity contribution in [1.82, 2.24) is 5.43 Å². The van der Waals surface area contributed by atoms with Crippen LogP contribution in [0.25, 0.3) is 0 Å². The number of hydrogen-bond acceptors (Lipinski definition) is 4. The topological polar surface area (TPSA) is 70.9 Å². The minimum atomic E-state index is -0.0687.